The molecule has 5 nitrogen and oxygen atoms in total. The van der Waals surface area contributed by atoms with E-state index in [0.29, 0.717) is 19.4 Å². The van der Waals surface area contributed by atoms with Gasteiger partial charge < -0.3 is 14.6 Å². The highest BCUT2D eigenvalue weighted by molar-refractivity contribution is 6.29. The van der Waals surface area contributed by atoms with E-state index in [1.54, 1.807) is 6.92 Å². The molecule has 23 heavy (non-hydrogen) atoms. The highest BCUT2D eigenvalue weighted by Crippen LogP contribution is 2.20. The molecule has 0 bridgehead atoms. The number of rotatable bonds is 7. The maximum Gasteiger partial charge on any atom is 0.229 e. The molecule has 124 valence electrons. The van der Waals surface area contributed by atoms with Gasteiger partial charge in [0.15, 0.2) is 0 Å². The zero-order valence-electron chi connectivity index (χ0n) is 13.6. The van der Waals surface area contributed by atoms with Crippen molar-refractivity contribution < 1.29 is 14.1 Å². The van der Waals surface area contributed by atoms with Crippen LogP contribution in [0.1, 0.15) is 30.2 Å². The average molecular weight is 337 g/mol. The smallest absolute Gasteiger partial charge is 0.229 e. The van der Waals surface area contributed by atoms with Crippen LogP contribution in [0.4, 0.5) is 0 Å². The molecule has 6 heteroatoms. The molecule has 0 unspecified atom stereocenters. The topological polar surface area (TPSA) is 64.4 Å². The number of nitrogens with zero attached hydrogens (tertiary/aromatic N) is 1. The molecule has 0 saturated heterocycles. The SMILES string of the molecule is Cc1ccc(OC[C@H](C)NC(=O)CCc2c(C)noc2Cl)cc1. The van der Waals surface area contributed by atoms with Gasteiger partial charge >= 0.3 is 0 Å². The maximum atomic E-state index is 12.0. The van der Waals surface area contributed by atoms with Crippen molar-refractivity contribution in [3.63, 3.8) is 0 Å². The molecule has 0 saturated carbocycles. The predicted octanol–water partition coefficient (Wildman–Crippen LogP) is 3.46. The van der Waals surface area contributed by atoms with Crippen LogP contribution in [0.25, 0.3) is 0 Å². The van der Waals surface area contributed by atoms with Crippen LogP contribution in [0, 0.1) is 13.8 Å². The molecule has 0 spiro atoms. The van der Waals surface area contributed by atoms with Crippen LogP contribution >= 0.6 is 11.6 Å². The van der Waals surface area contributed by atoms with Gasteiger partial charge in [-0.1, -0.05) is 22.9 Å². The third kappa shape index (κ3) is 5.28. The van der Waals surface area contributed by atoms with Crippen molar-refractivity contribution in [1.29, 1.82) is 0 Å². The molecule has 0 radical (unpaired) electrons. The summed E-state index contributed by atoms with van der Waals surface area (Å²) in [6, 6.07) is 7.73. The molecule has 1 aromatic carbocycles. The first-order valence-corrected chi connectivity index (χ1v) is 7.93. The van der Waals surface area contributed by atoms with E-state index in [1.807, 2.05) is 38.1 Å². The van der Waals surface area contributed by atoms with Crippen molar-refractivity contribution >= 4 is 17.5 Å². The molecule has 1 heterocycles. The summed E-state index contributed by atoms with van der Waals surface area (Å²) < 4.78 is 10.5. The molecule has 0 aliphatic rings. The summed E-state index contributed by atoms with van der Waals surface area (Å²) in [5.41, 5.74) is 2.69. The Labute approximate surface area is 141 Å². The maximum absolute atomic E-state index is 12.0. The van der Waals surface area contributed by atoms with Crippen LogP contribution in [0.15, 0.2) is 28.8 Å². The number of hydrogen-bond acceptors (Lipinski definition) is 4. The number of benzene rings is 1. The van der Waals surface area contributed by atoms with Crippen LogP contribution in [0.3, 0.4) is 0 Å². The molecule has 1 atom stereocenters. The van der Waals surface area contributed by atoms with E-state index >= 15 is 0 Å². The third-order valence-corrected chi connectivity index (χ3v) is 3.76. The lowest BCUT2D eigenvalue weighted by molar-refractivity contribution is -0.121. The molecule has 0 aliphatic carbocycles. The average Bonchev–Trinajstić information content (AvgIpc) is 2.83. The van der Waals surface area contributed by atoms with Gasteiger partial charge in [0.1, 0.15) is 12.4 Å². The highest BCUT2D eigenvalue weighted by Gasteiger charge is 2.14. The van der Waals surface area contributed by atoms with E-state index in [4.69, 9.17) is 20.9 Å². The summed E-state index contributed by atoms with van der Waals surface area (Å²) in [6.45, 7) is 6.16. The normalized spacial score (nSPS) is 12.0. The summed E-state index contributed by atoms with van der Waals surface area (Å²) in [7, 11) is 0. The zero-order valence-corrected chi connectivity index (χ0v) is 14.3. The van der Waals surface area contributed by atoms with Gasteiger partial charge in [-0.15, -0.1) is 0 Å². The first-order valence-electron chi connectivity index (χ1n) is 7.55. The Morgan fingerprint density at radius 1 is 1.35 bits per heavy atom. The van der Waals surface area contributed by atoms with E-state index in [9.17, 15) is 4.79 Å². The van der Waals surface area contributed by atoms with E-state index in [1.165, 1.54) is 5.56 Å². The monoisotopic (exact) mass is 336 g/mol. The van der Waals surface area contributed by atoms with Crippen molar-refractivity contribution in [3.8, 4) is 5.75 Å². The second kappa shape index (κ2) is 8.02. The first-order chi connectivity index (χ1) is 11.0. The molecule has 0 aliphatic heterocycles. The van der Waals surface area contributed by atoms with Gasteiger partial charge in [0.2, 0.25) is 11.1 Å². The van der Waals surface area contributed by atoms with Crippen LogP contribution in [-0.2, 0) is 11.2 Å². The summed E-state index contributed by atoms with van der Waals surface area (Å²) >= 11 is 5.88. The van der Waals surface area contributed by atoms with Crippen LogP contribution in [0.2, 0.25) is 5.22 Å². The standard InChI is InChI=1S/C17H21ClN2O3/c1-11-4-6-14(7-5-11)22-10-12(2)19-16(21)9-8-15-13(3)20-23-17(15)18/h4-7,12H,8-10H2,1-3H3,(H,19,21)/t12-/m0/s1. The largest absolute Gasteiger partial charge is 0.491 e. The molecular weight excluding hydrogens is 316 g/mol. The number of hydrogen-bond donors (Lipinski definition) is 1. The van der Waals surface area contributed by atoms with Gasteiger partial charge in [-0.2, -0.15) is 0 Å². The Hall–Kier alpha value is -2.01. The second-order valence-corrected chi connectivity index (χ2v) is 5.96. The van der Waals surface area contributed by atoms with E-state index < -0.39 is 0 Å². The zero-order chi connectivity index (χ0) is 16.8. The van der Waals surface area contributed by atoms with E-state index in [0.717, 1.165) is 17.0 Å². The van der Waals surface area contributed by atoms with E-state index in [2.05, 4.69) is 10.5 Å². The minimum atomic E-state index is -0.0807. The number of aromatic nitrogens is 1. The number of carbonyl (C=O) groups is 1. The highest BCUT2D eigenvalue weighted by atomic mass is 35.5. The predicted molar refractivity (Wildman–Crippen MR) is 88.8 cm³/mol. The quantitative estimate of drug-likeness (QED) is 0.841. The van der Waals surface area contributed by atoms with Crippen LogP contribution in [0.5, 0.6) is 5.75 Å². The molecule has 2 rings (SSSR count). The van der Waals surface area contributed by atoms with Crippen LogP contribution in [-0.4, -0.2) is 23.7 Å². The van der Waals surface area contributed by atoms with Gasteiger partial charge in [-0.25, -0.2) is 0 Å². The fourth-order valence-electron chi connectivity index (χ4n) is 2.12. The second-order valence-electron chi connectivity index (χ2n) is 5.61. The molecule has 2 aromatic rings. The van der Waals surface area contributed by atoms with Crippen LogP contribution < -0.4 is 10.1 Å². The lowest BCUT2D eigenvalue weighted by Crippen LogP contribution is -2.36. The van der Waals surface area contributed by atoms with Crippen molar-refractivity contribution in [2.24, 2.45) is 0 Å². The van der Waals surface area contributed by atoms with Crippen molar-refractivity contribution in [1.82, 2.24) is 10.5 Å². The van der Waals surface area contributed by atoms with Crippen molar-refractivity contribution in [2.45, 2.75) is 39.7 Å². The summed E-state index contributed by atoms with van der Waals surface area (Å²) in [6.07, 6.45) is 0.836. The molecular formula is C17H21ClN2O3. The number of amides is 1. The number of nitrogens with one attached hydrogen (secondary N) is 1. The number of carbonyl (C=O) groups excluding carboxylic acids is 1. The molecule has 1 amide bonds. The number of ether oxygens (including phenoxy) is 1. The van der Waals surface area contributed by atoms with Crippen molar-refractivity contribution in [3.05, 3.63) is 46.3 Å². The minimum Gasteiger partial charge on any atom is -0.491 e. The number of aryl methyl sites for hydroxylation is 2. The number of halogens is 1. The van der Waals surface area contributed by atoms with Gasteiger partial charge in [0.25, 0.3) is 0 Å². The summed E-state index contributed by atoms with van der Waals surface area (Å²) in [5.74, 6) is 0.741. The Morgan fingerprint density at radius 3 is 2.65 bits per heavy atom. The van der Waals surface area contributed by atoms with E-state index in [-0.39, 0.29) is 17.2 Å². The van der Waals surface area contributed by atoms with Crippen molar-refractivity contribution in [2.75, 3.05) is 6.61 Å². The summed E-state index contributed by atoms with van der Waals surface area (Å²) in [5, 5.41) is 6.93. The fourth-order valence-corrected chi connectivity index (χ4v) is 2.39. The fraction of sp³-hybridized carbons (Fsp3) is 0.412. The van der Waals surface area contributed by atoms with Gasteiger partial charge in [0.05, 0.1) is 11.7 Å². The molecule has 1 aromatic heterocycles. The van der Waals surface area contributed by atoms with Gasteiger partial charge in [-0.3, -0.25) is 4.79 Å². The summed E-state index contributed by atoms with van der Waals surface area (Å²) in [4.78, 5) is 12.0. The van der Waals surface area contributed by atoms with Gasteiger partial charge in [0, 0.05) is 12.0 Å². The molecule has 1 N–H and O–H groups in total. The third-order valence-electron chi connectivity index (χ3n) is 3.47. The lowest BCUT2D eigenvalue weighted by Gasteiger charge is -2.15. The minimum absolute atomic E-state index is 0.0540. The Bertz CT molecular complexity index is 633. The lowest BCUT2D eigenvalue weighted by atomic mass is 10.1. The Morgan fingerprint density at radius 2 is 2.04 bits per heavy atom. The Balaban J connectivity index is 1.73. The van der Waals surface area contributed by atoms with Gasteiger partial charge in [-0.05, 0) is 50.9 Å². The molecule has 0 fully saturated rings. The first kappa shape index (κ1) is 17.3. The Kier molecular flexibility index (Phi) is 6.04.